The molecule has 1 aromatic rings. The summed E-state index contributed by atoms with van der Waals surface area (Å²) in [5, 5.41) is 0. The molecule has 16 heavy (non-hydrogen) atoms. The van der Waals surface area contributed by atoms with Gasteiger partial charge < -0.3 is 15.2 Å². The van der Waals surface area contributed by atoms with Crippen molar-refractivity contribution in [3.63, 3.8) is 0 Å². The minimum absolute atomic E-state index is 0.535. The molecule has 2 N–H and O–H groups in total. The highest BCUT2D eigenvalue weighted by Crippen LogP contribution is 2.12. The molecular formula is C13H19NO2. The van der Waals surface area contributed by atoms with E-state index in [0.29, 0.717) is 26.4 Å². The second-order valence-corrected chi connectivity index (χ2v) is 3.39. The van der Waals surface area contributed by atoms with Crippen molar-refractivity contribution in [1.29, 1.82) is 0 Å². The first kappa shape index (κ1) is 12.7. The Labute approximate surface area is 96.9 Å². The Morgan fingerprint density at radius 1 is 1.25 bits per heavy atom. The summed E-state index contributed by atoms with van der Waals surface area (Å²) in [6, 6.07) is 7.79. The van der Waals surface area contributed by atoms with E-state index in [4.69, 9.17) is 15.2 Å². The maximum atomic E-state index is 5.54. The van der Waals surface area contributed by atoms with Crippen LogP contribution in [-0.4, -0.2) is 19.8 Å². The highest BCUT2D eigenvalue weighted by molar-refractivity contribution is 5.28. The van der Waals surface area contributed by atoms with Crippen LogP contribution in [0.3, 0.4) is 0 Å². The van der Waals surface area contributed by atoms with Gasteiger partial charge in [-0.05, 0) is 24.1 Å². The number of hydrogen-bond donors (Lipinski definition) is 1. The van der Waals surface area contributed by atoms with Gasteiger partial charge >= 0.3 is 0 Å². The molecule has 3 nitrogen and oxygen atoms in total. The van der Waals surface area contributed by atoms with Gasteiger partial charge in [0.05, 0.1) is 13.2 Å². The second kappa shape index (κ2) is 7.91. The molecule has 1 aromatic carbocycles. The molecule has 0 bridgehead atoms. The number of ether oxygens (including phenoxy) is 2. The monoisotopic (exact) mass is 221 g/mol. The Balaban J connectivity index is 2.18. The van der Waals surface area contributed by atoms with Gasteiger partial charge in [-0.2, -0.15) is 0 Å². The van der Waals surface area contributed by atoms with Crippen LogP contribution in [0.5, 0.6) is 5.75 Å². The molecule has 0 radical (unpaired) electrons. The molecule has 0 fully saturated rings. The molecule has 0 spiro atoms. The van der Waals surface area contributed by atoms with E-state index in [0.717, 1.165) is 17.7 Å². The predicted octanol–water partition coefficient (Wildman–Crippen LogP) is 2.12. The lowest BCUT2D eigenvalue weighted by molar-refractivity contribution is 0.103. The Morgan fingerprint density at radius 2 is 2.12 bits per heavy atom. The van der Waals surface area contributed by atoms with Crippen LogP contribution in [0.2, 0.25) is 0 Å². The summed E-state index contributed by atoms with van der Waals surface area (Å²) in [7, 11) is 0. The molecule has 0 amide bonds. The average molecular weight is 221 g/mol. The van der Waals surface area contributed by atoms with Crippen LogP contribution in [-0.2, 0) is 11.3 Å². The zero-order valence-electron chi connectivity index (χ0n) is 9.52. The van der Waals surface area contributed by atoms with E-state index < -0.39 is 0 Å². The molecule has 0 aliphatic heterocycles. The Hall–Kier alpha value is -1.32. The lowest BCUT2D eigenvalue weighted by Crippen LogP contribution is -2.07. The van der Waals surface area contributed by atoms with Crippen LogP contribution in [0.4, 0.5) is 0 Å². The van der Waals surface area contributed by atoms with Gasteiger partial charge in [-0.1, -0.05) is 18.2 Å². The van der Waals surface area contributed by atoms with Crippen molar-refractivity contribution in [3.8, 4) is 5.75 Å². The normalized spacial score (nSPS) is 10.1. The quantitative estimate of drug-likeness (QED) is 0.540. The molecule has 0 unspecified atom stereocenters. The van der Waals surface area contributed by atoms with Crippen LogP contribution in [0.1, 0.15) is 12.0 Å². The van der Waals surface area contributed by atoms with Crippen molar-refractivity contribution in [2.45, 2.75) is 13.0 Å². The van der Waals surface area contributed by atoms with Gasteiger partial charge in [-0.15, -0.1) is 6.58 Å². The summed E-state index contributed by atoms with van der Waals surface area (Å²) in [6.45, 7) is 6.02. The standard InChI is InChI=1S/C13H19NO2/c1-2-3-7-15-8-9-16-13-6-4-5-12(10-13)11-14/h2,4-6,10H,1,3,7-9,11,14H2. The summed E-state index contributed by atoms with van der Waals surface area (Å²) < 4.78 is 10.9. The lowest BCUT2D eigenvalue weighted by Gasteiger charge is -2.07. The number of hydrogen-bond acceptors (Lipinski definition) is 3. The van der Waals surface area contributed by atoms with Crippen molar-refractivity contribution in [3.05, 3.63) is 42.5 Å². The number of rotatable bonds is 8. The zero-order valence-corrected chi connectivity index (χ0v) is 9.52. The summed E-state index contributed by atoms with van der Waals surface area (Å²) in [4.78, 5) is 0. The molecular weight excluding hydrogens is 202 g/mol. The summed E-state index contributed by atoms with van der Waals surface area (Å²) in [5.74, 6) is 0.843. The smallest absolute Gasteiger partial charge is 0.119 e. The number of nitrogens with two attached hydrogens (primary N) is 1. The zero-order chi connectivity index (χ0) is 11.6. The van der Waals surface area contributed by atoms with Gasteiger partial charge in [0.15, 0.2) is 0 Å². The Kier molecular flexibility index (Phi) is 6.30. The molecule has 0 aliphatic rings. The third-order valence-electron chi connectivity index (χ3n) is 2.10. The van der Waals surface area contributed by atoms with Gasteiger partial charge in [0, 0.05) is 6.54 Å². The average Bonchev–Trinajstić information content (AvgIpc) is 2.34. The fraction of sp³-hybridized carbons (Fsp3) is 0.385. The van der Waals surface area contributed by atoms with E-state index >= 15 is 0 Å². The van der Waals surface area contributed by atoms with E-state index in [-0.39, 0.29) is 0 Å². The van der Waals surface area contributed by atoms with E-state index in [1.165, 1.54) is 0 Å². The van der Waals surface area contributed by atoms with Crippen molar-refractivity contribution >= 4 is 0 Å². The molecule has 0 atom stereocenters. The fourth-order valence-electron chi connectivity index (χ4n) is 1.25. The topological polar surface area (TPSA) is 44.5 Å². The summed E-state index contributed by atoms with van der Waals surface area (Å²) >= 11 is 0. The molecule has 0 aliphatic carbocycles. The van der Waals surface area contributed by atoms with Gasteiger partial charge in [0.25, 0.3) is 0 Å². The maximum Gasteiger partial charge on any atom is 0.119 e. The van der Waals surface area contributed by atoms with Crippen molar-refractivity contribution in [2.75, 3.05) is 19.8 Å². The molecule has 1 rings (SSSR count). The first-order chi connectivity index (χ1) is 7.86. The van der Waals surface area contributed by atoms with Crippen LogP contribution >= 0.6 is 0 Å². The first-order valence-electron chi connectivity index (χ1n) is 5.47. The first-order valence-corrected chi connectivity index (χ1v) is 5.47. The highest BCUT2D eigenvalue weighted by Gasteiger charge is 1.95. The van der Waals surface area contributed by atoms with Crippen LogP contribution in [0.25, 0.3) is 0 Å². The van der Waals surface area contributed by atoms with Gasteiger partial charge in [-0.3, -0.25) is 0 Å². The van der Waals surface area contributed by atoms with Crippen LogP contribution in [0, 0.1) is 0 Å². The van der Waals surface area contributed by atoms with Crippen molar-refractivity contribution in [1.82, 2.24) is 0 Å². The highest BCUT2D eigenvalue weighted by atomic mass is 16.5. The van der Waals surface area contributed by atoms with Gasteiger partial charge in [0.1, 0.15) is 12.4 Å². The maximum absolute atomic E-state index is 5.54. The minimum Gasteiger partial charge on any atom is -0.491 e. The molecule has 0 saturated carbocycles. The lowest BCUT2D eigenvalue weighted by atomic mass is 10.2. The largest absolute Gasteiger partial charge is 0.491 e. The van der Waals surface area contributed by atoms with E-state index in [9.17, 15) is 0 Å². The third-order valence-corrected chi connectivity index (χ3v) is 2.10. The molecule has 0 heterocycles. The molecule has 0 aromatic heterocycles. The van der Waals surface area contributed by atoms with E-state index in [2.05, 4.69) is 6.58 Å². The van der Waals surface area contributed by atoms with Gasteiger partial charge in [-0.25, -0.2) is 0 Å². The molecule has 3 heteroatoms. The van der Waals surface area contributed by atoms with E-state index in [1.807, 2.05) is 30.3 Å². The summed E-state index contributed by atoms with van der Waals surface area (Å²) in [6.07, 6.45) is 2.72. The van der Waals surface area contributed by atoms with E-state index in [1.54, 1.807) is 0 Å². The fourth-order valence-corrected chi connectivity index (χ4v) is 1.25. The predicted molar refractivity (Wildman–Crippen MR) is 65.5 cm³/mol. The third kappa shape index (κ3) is 4.96. The van der Waals surface area contributed by atoms with Crippen LogP contribution in [0.15, 0.2) is 36.9 Å². The molecule has 0 saturated heterocycles. The van der Waals surface area contributed by atoms with Crippen molar-refractivity contribution in [2.24, 2.45) is 5.73 Å². The number of benzene rings is 1. The Bertz CT molecular complexity index is 313. The second-order valence-electron chi connectivity index (χ2n) is 3.39. The van der Waals surface area contributed by atoms with Crippen molar-refractivity contribution < 1.29 is 9.47 Å². The Morgan fingerprint density at radius 3 is 2.88 bits per heavy atom. The van der Waals surface area contributed by atoms with Crippen LogP contribution < -0.4 is 10.5 Å². The molecule has 88 valence electrons. The minimum atomic E-state index is 0.535. The summed E-state index contributed by atoms with van der Waals surface area (Å²) in [5.41, 5.74) is 6.61. The SMILES string of the molecule is C=CCCOCCOc1cccc(CN)c1. The van der Waals surface area contributed by atoms with Gasteiger partial charge in [0.2, 0.25) is 0 Å².